The van der Waals surface area contributed by atoms with Crippen molar-refractivity contribution in [1.82, 2.24) is 10.2 Å². The number of carbonyl (C=O) groups excluding carboxylic acids is 2. The number of nitrogens with zero attached hydrogens (tertiary/aromatic N) is 1. The summed E-state index contributed by atoms with van der Waals surface area (Å²) >= 11 is 3.51. The van der Waals surface area contributed by atoms with Crippen LogP contribution >= 0.6 is 15.9 Å². The molecule has 2 aliphatic rings. The van der Waals surface area contributed by atoms with Gasteiger partial charge in [0.05, 0.1) is 5.60 Å². The van der Waals surface area contributed by atoms with Crippen LogP contribution in [0.5, 0.6) is 0 Å². The molecular weight excluding hydrogens is 408 g/mol. The van der Waals surface area contributed by atoms with E-state index in [0.29, 0.717) is 5.92 Å². The molecule has 1 N–H and O–H groups in total. The summed E-state index contributed by atoms with van der Waals surface area (Å²) in [6.45, 7) is 6.58. The van der Waals surface area contributed by atoms with Crippen molar-refractivity contribution < 1.29 is 14.3 Å². The lowest BCUT2D eigenvalue weighted by Crippen LogP contribution is -2.51. The molecule has 27 heavy (non-hydrogen) atoms. The molecule has 148 valence electrons. The van der Waals surface area contributed by atoms with E-state index in [0.717, 1.165) is 73.9 Å². The van der Waals surface area contributed by atoms with Gasteiger partial charge in [0.2, 0.25) is 5.91 Å². The van der Waals surface area contributed by atoms with Crippen LogP contribution in [-0.2, 0) is 9.53 Å². The first-order chi connectivity index (χ1) is 12.9. The quantitative estimate of drug-likeness (QED) is 0.782. The van der Waals surface area contributed by atoms with E-state index in [9.17, 15) is 9.59 Å². The molecule has 6 heteroatoms. The van der Waals surface area contributed by atoms with Crippen LogP contribution < -0.4 is 5.32 Å². The van der Waals surface area contributed by atoms with Gasteiger partial charge in [-0.25, -0.2) is 0 Å². The van der Waals surface area contributed by atoms with Crippen LogP contribution in [0.25, 0.3) is 0 Å². The molecule has 1 atom stereocenters. The molecule has 0 radical (unpaired) electrons. The second kappa shape index (κ2) is 8.74. The third-order valence-corrected chi connectivity index (χ3v) is 6.76. The van der Waals surface area contributed by atoms with E-state index in [-0.39, 0.29) is 17.4 Å². The van der Waals surface area contributed by atoms with Gasteiger partial charge in [-0.3, -0.25) is 9.59 Å². The number of rotatable bonds is 4. The number of aryl methyl sites for hydroxylation is 1. The summed E-state index contributed by atoms with van der Waals surface area (Å²) in [6.07, 6.45) is 4.88. The number of halogens is 1. The van der Waals surface area contributed by atoms with Crippen molar-refractivity contribution in [2.75, 3.05) is 26.2 Å². The zero-order chi connectivity index (χ0) is 19.4. The van der Waals surface area contributed by atoms with Crippen LogP contribution in [0.2, 0.25) is 0 Å². The van der Waals surface area contributed by atoms with Crippen LogP contribution in [0.15, 0.2) is 22.7 Å². The van der Waals surface area contributed by atoms with Gasteiger partial charge < -0.3 is 15.0 Å². The highest BCUT2D eigenvalue weighted by atomic mass is 79.9. The Morgan fingerprint density at radius 2 is 2.07 bits per heavy atom. The largest absolute Gasteiger partial charge is 0.375 e. The van der Waals surface area contributed by atoms with Gasteiger partial charge in [-0.1, -0.05) is 22.0 Å². The molecule has 0 bridgehead atoms. The summed E-state index contributed by atoms with van der Waals surface area (Å²) < 4.78 is 7.17. The average Bonchev–Trinajstić information content (AvgIpc) is 2.64. The second-order valence-corrected chi connectivity index (χ2v) is 8.77. The monoisotopic (exact) mass is 436 g/mol. The van der Waals surface area contributed by atoms with Crippen molar-refractivity contribution in [3.63, 3.8) is 0 Å². The Balaban J connectivity index is 1.54. The first-order valence-electron chi connectivity index (χ1n) is 9.82. The molecule has 2 fully saturated rings. The molecule has 0 aromatic heterocycles. The Morgan fingerprint density at radius 1 is 1.33 bits per heavy atom. The maximum atomic E-state index is 12.8. The zero-order valence-corrected chi connectivity index (χ0v) is 17.8. The molecule has 1 unspecified atom stereocenters. The smallest absolute Gasteiger partial charge is 0.253 e. The van der Waals surface area contributed by atoms with E-state index < -0.39 is 0 Å². The van der Waals surface area contributed by atoms with Gasteiger partial charge in [-0.15, -0.1) is 0 Å². The van der Waals surface area contributed by atoms with Crippen LogP contribution in [0.4, 0.5) is 0 Å². The summed E-state index contributed by atoms with van der Waals surface area (Å²) in [5.74, 6) is 0.718. The van der Waals surface area contributed by atoms with Gasteiger partial charge in [0.25, 0.3) is 5.91 Å². The highest BCUT2D eigenvalue weighted by Gasteiger charge is 2.41. The minimum Gasteiger partial charge on any atom is -0.375 e. The fourth-order valence-electron chi connectivity index (χ4n) is 4.20. The van der Waals surface area contributed by atoms with Crippen molar-refractivity contribution in [2.24, 2.45) is 5.92 Å². The Labute approximate surface area is 170 Å². The molecule has 1 aromatic carbocycles. The Kier molecular flexibility index (Phi) is 6.58. The van der Waals surface area contributed by atoms with Gasteiger partial charge >= 0.3 is 0 Å². The number of carbonyl (C=O) groups is 2. The Morgan fingerprint density at radius 3 is 2.74 bits per heavy atom. The van der Waals surface area contributed by atoms with E-state index in [1.807, 2.05) is 30.0 Å². The third kappa shape index (κ3) is 5.11. The molecule has 1 aromatic rings. The highest BCUT2D eigenvalue weighted by molar-refractivity contribution is 9.10. The minimum atomic E-state index is -0.0935. The van der Waals surface area contributed by atoms with E-state index >= 15 is 0 Å². The van der Waals surface area contributed by atoms with E-state index in [1.165, 1.54) is 0 Å². The summed E-state index contributed by atoms with van der Waals surface area (Å²) in [4.78, 5) is 25.8. The zero-order valence-electron chi connectivity index (χ0n) is 16.2. The molecule has 0 aliphatic carbocycles. The number of piperidine rings is 1. The van der Waals surface area contributed by atoms with Crippen molar-refractivity contribution in [3.05, 3.63) is 33.8 Å². The number of amides is 2. The van der Waals surface area contributed by atoms with Crippen LogP contribution in [0.1, 0.15) is 54.9 Å². The van der Waals surface area contributed by atoms with Gasteiger partial charge in [0.15, 0.2) is 0 Å². The predicted molar refractivity (Wildman–Crippen MR) is 109 cm³/mol. The molecule has 2 amide bonds. The van der Waals surface area contributed by atoms with Gasteiger partial charge in [-0.2, -0.15) is 0 Å². The summed E-state index contributed by atoms with van der Waals surface area (Å²) in [7, 11) is 0. The van der Waals surface area contributed by atoms with Crippen LogP contribution in [0.3, 0.4) is 0 Å². The van der Waals surface area contributed by atoms with E-state index in [2.05, 4.69) is 21.2 Å². The molecule has 2 heterocycles. The van der Waals surface area contributed by atoms with Gasteiger partial charge in [0.1, 0.15) is 0 Å². The lowest BCUT2D eigenvalue weighted by molar-refractivity contribution is -0.125. The average molecular weight is 437 g/mol. The van der Waals surface area contributed by atoms with Crippen molar-refractivity contribution in [2.45, 2.75) is 51.6 Å². The molecule has 2 saturated heterocycles. The molecule has 5 nitrogen and oxygen atoms in total. The first kappa shape index (κ1) is 20.3. The standard InChI is InChI=1S/C21H29BrN2O3/c1-15-3-4-18(13-19(15)22)20(26)24-10-7-21(8-11-24)14-17(6-12-27-21)5-9-23-16(2)25/h3-4,13,17H,5-12,14H2,1-2H3,(H,23,25). The highest BCUT2D eigenvalue weighted by Crippen LogP contribution is 2.39. The Bertz CT molecular complexity index is 699. The fraction of sp³-hybridized carbons (Fsp3) is 0.619. The normalized spacial score (nSPS) is 21.9. The lowest BCUT2D eigenvalue weighted by Gasteiger charge is -2.46. The summed E-state index contributed by atoms with van der Waals surface area (Å²) in [5.41, 5.74) is 1.77. The number of nitrogens with one attached hydrogen (secondary N) is 1. The molecule has 0 saturated carbocycles. The number of hydrogen-bond acceptors (Lipinski definition) is 3. The topological polar surface area (TPSA) is 58.6 Å². The van der Waals surface area contributed by atoms with Crippen LogP contribution in [0, 0.1) is 12.8 Å². The lowest BCUT2D eigenvalue weighted by atomic mass is 9.78. The van der Waals surface area contributed by atoms with E-state index in [1.54, 1.807) is 6.92 Å². The third-order valence-electron chi connectivity index (χ3n) is 5.90. The fourth-order valence-corrected chi connectivity index (χ4v) is 4.58. The molecule has 2 aliphatic heterocycles. The summed E-state index contributed by atoms with van der Waals surface area (Å²) in [6, 6.07) is 5.80. The molecule has 3 rings (SSSR count). The Hall–Kier alpha value is -1.40. The maximum Gasteiger partial charge on any atom is 0.253 e. The SMILES string of the molecule is CC(=O)NCCC1CCOC2(CCN(C(=O)c3ccc(C)c(Br)c3)CC2)C1. The first-order valence-corrected chi connectivity index (χ1v) is 10.6. The molecular formula is C21H29BrN2O3. The maximum absolute atomic E-state index is 12.8. The molecule has 1 spiro atoms. The number of ether oxygens (including phenoxy) is 1. The number of benzene rings is 1. The van der Waals surface area contributed by atoms with Gasteiger partial charge in [-0.05, 0) is 62.6 Å². The minimum absolute atomic E-state index is 0.0336. The van der Waals surface area contributed by atoms with E-state index in [4.69, 9.17) is 4.74 Å². The van der Waals surface area contributed by atoms with Crippen molar-refractivity contribution in [3.8, 4) is 0 Å². The predicted octanol–water partition coefficient (Wildman–Crippen LogP) is 3.69. The number of likely N-dealkylation sites (tertiary alicyclic amines) is 1. The van der Waals surface area contributed by atoms with Crippen molar-refractivity contribution >= 4 is 27.7 Å². The van der Waals surface area contributed by atoms with Crippen molar-refractivity contribution in [1.29, 1.82) is 0 Å². The summed E-state index contributed by atoms with van der Waals surface area (Å²) in [5, 5.41) is 2.90. The number of hydrogen-bond donors (Lipinski definition) is 1. The van der Waals surface area contributed by atoms with Crippen LogP contribution in [-0.4, -0.2) is 48.6 Å². The van der Waals surface area contributed by atoms with Gasteiger partial charge in [0, 0.05) is 43.2 Å². The second-order valence-electron chi connectivity index (χ2n) is 7.92.